The molecule has 1 saturated heterocycles. The topological polar surface area (TPSA) is 77.7 Å². The predicted octanol–water partition coefficient (Wildman–Crippen LogP) is 3.84. The van der Waals surface area contributed by atoms with E-state index >= 15 is 0 Å². The van der Waals surface area contributed by atoms with Crippen LogP contribution in [0.15, 0.2) is 53.1 Å². The first kappa shape index (κ1) is 19.9. The van der Waals surface area contributed by atoms with Crippen LogP contribution in [0.4, 0.5) is 0 Å². The minimum Gasteiger partial charge on any atom is -0.497 e. The summed E-state index contributed by atoms with van der Waals surface area (Å²) in [5.41, 5.74) is 1.93. The maximum absolute atomic E-state index is 12.5. The van der Waals surface area contributed by atoms with Gasteiger partial charge in [0.25, 0.3) is 11.8 Å². The van der Waals surface area contributed by atoms with E-state index in [4.69, 9.17) is 14.0 Å². The second-order valence-corrected chi connectivity index (χ2v) is 7.45. The number of nitrogens with zero attached hydrogens (tertiary/aromatic N) is 3. The highest BCUT2D eigenvalue weighted by Gasteiger charge is 2.27. The molecule has 3 aromatic rings. The second kappa shape index (κ2) is 8.98. The quantitative estimate of drug-likeness (QED) is 0.618. The highest BCUT2D eigenvalue weighted by Crippen LogP contribution is 2.29. The lowest BCUT2D eigenvalue weighted by molar-refractivity contribution is -0.134. The van der Waals surface area contributed by atoms with Crippen molar-refractivity contribution in [1.82, 2.24) is 15.0 Å². The fraction of sp³-hybridized carbons (Fsp3) is 0.348. The highest BCUT2D eigenvalue weighted by molar-refractivity contribution is 5.77. The molecule has 0 saturated carbocycles. The molecule has 156 valence electrons. The van der Waals surface area contributed by atoms with Crippen LogP contribution in [0.3, 0.4) is 0 Å². The first-order chi connectivity index (χ1) is 14.6. The number of hydrogen-bond acceptors (Lipinski definition) is 6. The van der Waals surface area contributed by atoms with Crippen molar-refractivity contribution in [3.05, 3.63) is 59.9 Å². The van der Waals surface area contributed by atoms with Crippen LogP contribution in [0.1, 0.15) is 30.1 Å². The van der Waals surface area contributed by atoms with Gasteiger partial charge in [0.15, 0.2) is 12.4 Å². The number of ether oxygens (including phenoxy) is 2. The summed E-state index contributed by atoms with van der Waals surface area (Å²) < 4.78 is 16.4. The van der Waals surface area contributed by atoms with Crippen molar-refractivity contribution < 1.29 is 18.8 Å². The molecule has 2 aromatic carbocycles. The van der Waals surface area contributed by atoms with E-state index in [0.29, 0.717) is 24.8 Å². The summed E-state index contributed by atoms with van der Waals surface area (Å²) in [6.45, 7) is 3.36. The smallest absolute Gasteiger partial charge is 0.260 e. The normalized spacial score (nSPS) is 14.5. The summed E-state index contributed by atoms with van der Waals surface area (Å²) in [5.74, 6) is 2.81. The molecule has 1 fully saturated rings. The van der Waals surface area contributed by atoms with Crippen LogP contribution < -0.4 is 9.47 Å². The lowest BCUT2D eigenvalue weighted by Crippen LogP contribution is -2.40. The number of aryl methyl sites for hydroxylation is 1. The summed E-state index contributed by atoms with van der Waals surface area (Å²) in [4.78, 5) is 18.9. The van der Waals surface area contributed by atoms with E-state index in [1.165, 1.54) is 0 Å². The molecular weight excluding hydrogens is 382 g/mol. The lowest BCUT2D eigenvalue weighted by Gasteiger charge is -2.30. The van der Waals surface area contributed by atoms with Gasteiger partial charge in [-0.2, -0.15) is 4.98 Å². The Hall–Kier alpha value is -3.35. The number of benzene rings is 2. The minimum atomic E-state index is 0.000128. The Morgan fingerprint density at radius 2 is 1.90 bits per heavy atom. The number of carbonyl (C=O) groups is 1. The van der Waals surface area contributed by atoms with Gasteiger partial charge in [-0.05, 0) is 55.7 Å². The molecule has 30 heavy (non-hydrogen) atoms. The van der Waals surface area contributed by atoms with Crippen LogP contribution in [0.25, 0.3) is 11.5 Å². The van der Waals surface area contributed by atoms with E-state index in [2.05, 4.69) is 10.1 Å². The molecule has 7 heteroatoms. The Morgan fingerprint density at radius 1 is 1.13 bits per heavy atom. The molecular formula is C23H25N3O4. The van der Waals surface area contributed by atoms with Gasteiger partial charge in [-0.3, -0.25) is 4.79 Å². The Kier molecular flexibility index (Phi) is 5.97. The van der Waals surface area contributed by atoms with Gasteiger partial charge < -0.3 is 18.9 Å². The summed E-state index contributed by atoms with van der Waals surface area (Å²) in [5, 5.41) is 4.17. The standard InChI is InChI=1S/C23H25N3O4/c1-16-5-3-8-20(13-16)29-15-21(27)26-11-9-17(10-12-26)22-24-23(30-25-22)18-6-4-7-19(14-18)28-2/h3-8,13-14,17H,9-12,15H2,1-2H3. The third-order valence-electron chi connectivity index (χ3n) is 5.32. The van der Waals surface area contributed by atoms with E-state index in [-0.39, 0.29) is 18.4 Å². The Labute approximate surface area is 175 Å². The van der Waals surface area contributed by atoms with Crippen LogP contribution in [-0.4, -0.2) is 47.8 Å². The maximum atomic E-state index is 12.5. The molecule has 2 heterocycles. The number of hydrogen-bond donors (Lipinski definition) is 0. The Morgan fingerprint density at radius 3 is 2.67 bits per heavy atom. The minimum absolute atomic E-state index is 0.000128. The molecule has 1 amide bonds. The van der Waals surface area contributed by atoms with Crippen molar-refractivity contribution in [2.45, 2.75) is 25.7 Å². The molecule has 0 aliphatic carbocycles. The average molecular weight is 407 g/mol. The van der Waals surface area contributed by atoms with Crippen molar-refractivity contribution in [2.24, 2.45) is 0 Å². The number of likely N-dealkylation sites (tertiary alicyclic amines) is 1. The molecule has 0 unspecified atom stereocenters. The Balaban J connectivity index is 1.31. The van der Waals surface area contributed by atoms with Gasteiger partial charge in [0.1, 0.15) is 11.5 Å². The van der Waals surface area contributed by atoms with E-state index < -0.39 is 0 Å². The molecule has 1 aromatic heterocycles. The molecule has 1 aliphatic heterocycles. The van der Waals surface area contributed by atoms with Crippen LogP contribution in [0.2, 0.25) is 0 Å². The van der Waals surface area contributed by atoms with Crippen LogP contribution in [0.5, 0.6) is 11.5 Å². The molecule has 0 radical (unpaired) electrons. The lowest BCUT2D eigenvalue weighted by atomic mass is 9.96. The van der Waals surface area contributed by atoms with Crippen molar-refractivity contribution in [3.63, 3.8) is 0 Å². The number of piperidine rings is 1. The summed E-state index contributed by atoms with van der Waals surface area (Å²) in [6, 6.07) is 15.3. The zero-order valence-electron chi connectivity index (χ0n) is 17.2. The monoisotopic (exact) mass is 407 g/mol. The van der Waals surface area contributed by atoms with E-state index in [1.807, 2.05) is 60.4 Å². The van der Waals surface area contributed by atoms with E-state index in [0.717, 1.165) is 35.5 Å². The maximum Gasteiger partial charge on any atom is 0.260 e. The van der Waals surface area contributed by atoms with Crippen molar-refractivity contribution in [3.8, 4) is 23.0 Å². The molecule has 0 bridgehead atoms. The number of carbonyl (C=O) groups excluding carboxylic acids is 1. The molecule has 7 nitrogen and oxygen atoms in total. The summed E-state index contributed by atoms with van der Waals surface area (Å²) >= 11 is 0. The zero-order chi connectivity index (χ0) is 20.9. The summed E-state index contributed by atoms with van der Waals surface area (Å²) in [7, 11) is 1.62. The number of rotatable bonds is 6. The number of amides is 1. The molecule has 0 atom stereocenters. The van der Waals surface area contributed by atoms with Gasteiger partial charge in [-0.15, -0.1) is 0 Å². The number of methoxy groups -OCH3 is 1. The average Bonchev–Trinajstić information content (AvgIpc) is 3.28. The van der Waals surface area contributed by atoms with Crippen LogP contribution >= 0.6 is 0 Å². The van der Waals surface area contributed by atoms with Gasteiger partial charge in [-0.1, -0.05) is 23.4 Å². The second-order valence-electron chi connectivity index (χ2n) is 7.45. The van der Waals surface area contributed by atoms with Crippen molar-refractivity contribution in [1.29, 1.82) is 0 Å². The molecule has 1 aliphatic rings. The fourth-order valence-electron chi connectivity index (χ4n) is 3.60. The third kappa shape index (κ3) is 4.62. The first-order valence-electron chi connectivity index (χ1n) is 10.1. The number of aromatic nitrogens is 2. The first-order valence-corrected chi connectivity index (χ1v) is 10.1. The van der Waals surface area contributed by atoms with Gasteiger partial charge in [0.2, 0.25) is 0 Å². The fourth-order valence-corrected chi connectivity index (χ4v) is 3.60. The van der Waals surface area contributed by atoms with E-state index in [1.54, 1.807) is 7.11 Å². The van der Waals surface area contributed by atoms with Gasteiger partial charge in [0, 0.05) is 24.6 Å². The molecule has 0 N–H and O–H groups in total. The zero-order valence-corrected chi connectivity index (χ0v) is 17.2. The van der Waals surface area contributed by atoms with Gasteiger partial charge in [0.05, 0.1) is 7.11 Å². The van der Waals surface area contributed by atoms with Crippen molar-refractivity contribution in [2.75, 3.05) is 26.8 Å². The van der Waals surface area contributed by atoms with E-state index in [9.17, 15) is 4.79 Å². The predicted molar refractivity (Wildman–Crippen MR) is 112 cm³/mol. The molecule has 4 rings (SSSR count). The SMILES string of the molecule is COc1cccc(-c2nc(C3CCN(C(=O)COc4cccc(C)c4)CC3)no2)c1. The van der Waals surface area contributed by atoms with Crippen LogP contribution in [0, 0.1) is 6.92 Å². The third-order valence-corrected chi connectivity index (χ3v) is 5.32. The summed E-state index contributed by atoms with van der Waals surface area (Å²) in [6.07, 6.45) is 1.60. The van der Waals surface area contributed by atoms with Gasteiger partial charge in [-0.25, -0.2) is 0 Å². The van der Waals surface area contributed by atoms with Crippen molar-refractivity contribution >= 4 is 5.91 Å². The largest absolute Gasteiger partial charge is 0.497 e. The molecule has 0 spiro atoms. The highest BCUT2D eigenvalue weighted by atomic mass is 16.5. The Bertz CT molecular complexity index is 1010. The van der Waals surface area contributed by atoms with Crippen LogP contribution in [-0.2, 0) is 4.79 Å². The van der Waals surface area contributed by atoms with Gasteiger partial charge >= 0.3 is 0 Å².